The molecule has 0 bridgehead atoms. The van der Waals surface area contributed by atoms with Gasteiger partial charge in [-0.15, -0.1) is 0 Å². The Labute approximate surface area is 192 Å². The van der Waals surface area contributed by atoms with Crippen LogP contribution in [0, 0.1) is 0 Å². The van der Waals surface area contributed by atoms with E-state index in [1.54, 1.807) is 47.4 Å². The number of hydrogen-bond donors (Lipinski definition) is 0. The van der Waals surface area contributed by atoms with Gasteiger partial charge in [0.2, 0.25) is 10.0 Å². The summed E-state index contributed by atoms with van der Waals surface area (Å²) in [6.07, 6.45) is 1.68. The number of amides is 1. The molecule has 1 aliphatic heterocycles. The lowest BCUT2D eigenvalue weighted by molar-refractivity contribution is -0.134. The number of carbonyl (C=O) groups is 1. The molecule has 1 amide bonds. The minimum Gasteiger partial charge on any atom is -0.484 e. The van der Waals surface area contributed by atoms with E-state index in [1.807, 2.05) is 13.0 Å². The number of ether oxygens (including phenoxy) is 1. The smallest absolute Gasteiger partial charge is 0.336 e. The molecule has 0 atom stereocenters. The molecule has 1 saturated heterocycles. The molecule has 1 aromatic heterocycles. The largest absolute Gasteiger partial charge is 0.484 e. The normalized spacial score (nSPS) is 15.0. The number of piperazine rings is 1. The number of hydrogen-bond acceptors (Lipinski definition) is 6. The third kappa shape index (κ3) is 5.09. The van der Waals surface area contributed by atoms with Crippen LogP contribution in [0.2, 0.25) is 0 Å². The summed E-state index contributed by atoms with van der Waals surface area (Å²) in [5, 5.41) is 0.853. The van der Waals surface area contributed by atoms with E-state index in [-0.39, 0.29) is 30.5 Å². The third-order valence-electron chi connectivity index (χ3n) is 5.66. The van der Waals surface area contributed by atoms with Crippen molar-refractivity contribution in [2.24, 2.45) is 0 Å². The highest BCUT2D eigenvalue weighted by Gasteiger charge is 2.30. The zero-order chi connectivity index (χ0) is 23.4. The Bertz CT molecular complexity index is 1300. The Kier molecular flexibility index (Phi) is 6.80. The molecule has 2 aromatic carbocycles. The van der Waals surface area contributed by atoms with Gasteiger partial charge in [-0.3, -0.25) is 4.79 Å². The van der Waals surface area contributed by atoms with E-state index in [1.165, 1.54) is 10.4 Å². The van der Waals surface area contributed by atoms with Crippen molar-refractivity contribution in [3.05, 3.63) is 70.6 Å². The molecule has 0 N–H and O–H groups in total. The summed E-state index contributed by atoms with van der Waals surface area (Å²) in [5.41, 5.74) is 0.938. The van der Waals surface area contributed by atoms with E-state index >= 15 is 0 Å². The molecule has 9 heteroatoms. The Morgan fingerprint density at radius 3 is 2.45 bits per heavy atom. The van der Waals surface area contributed by atoms with Crippen LogP contribution >= 0.6 is 0 Å². The summed E-state index contributed by atoms with van der Waals surface area (Å²) in [4.78, 5) is 26.3. The average molecular weight is 471 g/mol. The third-order valence-corrected chi connectivity index (χ3v) is 7.57. The summed E-state index contributed by atoms with van der Waals surface area (Å²) in [6, 6.07) is 15.0. The summed E-state index contributed by atoms with van der Waals surface area (Å²) in [7, 11) is -3.57. The molecule has 2 heterocycles. The van der Waals surface area contributed by atoms with Gasteiger partial charge in [-0.2, -0.15) is 4.31 Å². The van der Waals surface area contributed by atoms with Gasteiger partial charge in [0, 0.05) is 43.7 Å². The Balaban J connectivity index is 1.36. The first-order valence-corrected chi connectivity index (χ1v) is 12.3. The second-order valence-electron chi connectivity index (χ2n) is 7.89. The molecule has 33 heavy (non-hydrogen) atoms. The van der Waals surface area contributed by atoms with Crippen molar-refractivity contribution in [1.29, 1.82) is 0 Å². The van der Waals surface area contributed by atoms with Gasteiger partial charge in [0.25, 0.3) is 5.91 Å². The van der Waals surface area contributed by atoms with Crippen molar-refractivity contribution < 1.29 is 22.4 Å². The fraction of sp³-hybridized carbons (Fsp3) is 0.333. The van der Waals surface area contributed by atoms with Crippen LogP contribution in [0.5, 0.6) is 5.75 Å². The average Bonchev–Trinajstić information content (AvgIpc) is 2.83. The van der Waals surface area contributed by atoms with Crippen LogP contribution in [-0.2, 0) is 21.2 Å². The van der Waals surface area contributed by atoms with Gasteiger partial charge in [-0.05, 0) is 36.2 Å². The van der Waals surface area contributed by atoms with Crippen LogP contribution in [0.25, 0.3) is 11.0 Å². The number of fused-ring (bicyclic) bond motifs is 1. The van der Waals surface area contributed by atoms with Gasteiger partial charge in [-0.25, -0.2) is 13.2 Å². The molecule has 0 saturated carbocycles. The fourth-order valence-corrected chi connectivity index (χ4v) is 5.38. The summed E-state index contributed by atoms with van der Waals surface area (Å²) >= 11 is 0. The van der Waals surface area contributed by atoms with E-state index < -0.39 is 15.6 Å². The number of nitrogens with zero attached hydrogens (tertiary/aromatic N) is 2. The van der Waals surface area contributed by atoms with Crippen molar-refractivity contribution in [3.63, 3.8) is 0 Å². The van der Waals surface area contributed by atoms with Crippen LogP contribution in [0.3, 0.4) is 0 Å². The van der Waals surface area contributed by atoms with Crippen molar-refractivity contribution in [2.45, 2.75) is 24.7 Å². The maximum absolute atomic E-state index is 12.7. The molecular formula is C24H26N2O6S. The van der Waals surface area contributed by atoms with Gasteiger partial charge < -0.3 is 14.1 Å². The molecular weight excluding hydrogens is 444 g/mol. The summed E-state index contributed by atoms with van der Waals surface area (Å²) < 4.78 is 37.8. The number of benzene rings is 2. The van der Waals surface area contributed by atoms with E-state index in [9.17, 15) is 18.0 Å². The lowest BCUT2D eigenvalue weighted by atomic mass is 10.1. The first-order valence-electron chi connectivity index (χ1n) is 10.9. The van der Waals surface area contributed by atoms with Gasteiger partial charge in [0.05, 0.1) is 4.90 Å². The molecule has 0 unspecified atom stereocenters. The van der Waals surface area contributed by atoms with Crippen molar-refractivity contribution in [2.75, 3.05) is 32.8 Å². The Morgan fingerprint density at radius 2 is 1.76 bits per heavy atom. The maximum atomic E-state index is 12.7. The van der Waals surface area contributed by atoms with E-state index in [0.29, 0.717) is 24.4 Å². The van der Waals surface area contributed by atoms with Crippen molar-refractivity contribution in [3.8, 4) is 5.75 Å². The minimum atomic E-state index is -3.57. The standard InChI is InChI=1S/C24H26N2O6S/c1-2-6-18-15-24(28)32-22-16-19(9-10-21(18)22)31-17-23(27)25-11-13-26(14-12-25)33(29,30)20-7-4-3-5-8-20/h3-5,7-10,15-16H,2,6,11-14,17H2,1H3. The highest BCUT2D eigenvalue weighted by Crippen LogP contribution is 2.24. The predicted molar refractivity (Wildman–Crippen MR) is 124 cm³/mol. The van der Waals surface area contributed by atoms with Gasteiger partial charge in [0.15, 0.2) is 6.61 Å². The molecule has 1 aliphatic rings. The lowest BCUT2D eigenvalue weighted by Crippen LogP contribution is -2.51. The first-order chi connectivity index (χ1) is 15.9. The van der Waals surface area contributed by atoms with Crippen LogP contribution in [0.15, 0.2) is 68.7 Å². The first kappa shape index (κ1) is 23.0. The van der Waals surface area contributed by atoms with Gasteiger partial charge >= 0.3 is 5.63 Å². The highest BCUT2D eigenvalue weighted by atomic mass is 32.2. The second kappa shape index (κ2) is 9.76. The van der Waals surface area contributed by atoms with Crippen molar-refractivity contribution >= 4 is 26.9 Å². The highest BCUT2D eigenvalue weighted by molar-refractivity contribution is 7.89. The van der Waals surface area contributed by atoms with Gasteiger partial charge in [-0.1, -0.05) is 31.5 Å². The Hall–Kier alpha value is -3.17. The van der Waals surface area contributed by atoms with Crippen LogP contribution in [0.1, 0.15) is 18.9 Å². The molecule has 4 rings (SSSR count). The molecule has 3 aromatic rings. The second-order valence-corrected chi connectivity index (χ2v) is 9.82. The fourth-order valence-electron chi connectivity index (χ4n) is 3.93. The maximum Gasteiger partial charge on any atom is 0.336 e. The summed E-state index contributed by atoms with van der Waals surface area (Å²) in [5.74, 6) is 0.200. The quantitative estimate of drug-likeness (QED) is 0.493. The molecule has 0 aliphatic carbocycles. The number of rotatable bonds is 7. The SMILES string of the molecule is CCCc1cc(=O)oc2cc(OCC(=O)N3CCN(S(=O)(=O)c4ccccc4)CC3)ccc12. The van der Waals surface area contributed by atoms with E-state index in [0.717, 1.165) is 23.8 Å². The molecule has 1 fully saturated rings. The Morgan fingerprint density at radius 1 is 1.03 bits per heavy atom. The van der Waals surface area contributed by atoms with Crippen LogP contribution in [-0.4, -0.2) is 56.3 Å². The minimum absolute atomic E-state index is 0.185. The number of aryl methyl sites for hydroxylation is 1. The number of carbonyl (C=O) groups excluding carboxylic acids is 1. The molecule has 174 valence electrons. The zero-order valence-electron chi connectivity index (χ0n) is 18.4. The molecule has 0 radical (unpaired) electrons. The number of sulfonamides is 1. The van der Waals surface area contributed by atoms with Crippen LogP contribution in [0.4, 0.5) is 0 Å². The van der Waals surface area contributed by atoms with E-state index in [2.05, 4.69) is 0 Å². The molecule has 0 spiro atoms. The van der Waals surface area contributed by atoms with E-state index in [4.69, 9.17) is 9.15 Å². The lowest BCUT2D eigenvalue weighted by Gasteiger charge is -2.33. The van der Waals surface area contributed by atoms with Gasteiger partial charge in [0.1, 0.15) is 11.3 Å². The van der Waals surface area contributed by atoms with Crippen molar-refractivity contribution in [1.82, 2.24) is 9.21 Å². The summed E-state index contributed by atoms with van der Waals surface area (Å²) in [6.45, 7) is 2.90. The monoisotopic (exact) mass is 470 g/mol. The van der Waals surface area contributed by atoms with Crippen LogP contribution < -0.4 is 10.4 Å². The topological polar surface area (TPSA) is 97.1 Å². The molecule has 8 nitrogen and oxygen atoms in total. The zero-order valence-corrected chi connectivity index (χ0v) is 19.2. The predicted octanol–water partition coefficient (Wildman–Crippen LogP) is 2.66.